The van der Waals surface area contributed by atoms with Gasteiger partial charge in [-0.25, -0.2) is 8.42 Å². The highest BCUT2D eigenvalue weighted by atomic mass is 32.2. The molecule has 4 heteroatoms. The lowest BCUT2D eigenvalue weighted by atomic mass is 10.1. The van der Waals surface area contributed by atoms with Crippen LogP contribution in [0, 0.1) is 0 Å². The number of benzene rings is 1. The molecule has 1 rings (SSSR count). The summed E-state index contributed by atoms with van der Waals surface area (Å²) in [6, 6.07) is 6.24. The van der Waals surface area contributed by atoms with Gasteiger partial charge in [-0.15, -0.1) is 0 Å². The number of hydrogen-bond donors (Lipinski definition) is 1. The van der Waals surface area contributed by atoms with Gasteiger partial charge in [-0.3, -0.25) is 4.79 Å². The Labute approximate surface area is 78.3 Å². The molecule has 0 spiro atoms. The number of thiol groups is 1. The molecule has 0 saturated carbocycles. The molecule has 1 aromatic rings. The van der Waals surface area contributed by atoms with Crippen molar-refractivity contribution in [1.29, 1.82) is 0 Å². The molecule has 0 aliphatic rings. The molecule has 3 nitrogen and oxygen atoms in total. The number of rotatable bonds is 3. The van der Waals surface area contributed by atoms with E-state index in [0.717, 1.165) is 0 Å². The van der Waals surface area contributed by atoms with Gasteiger partial charge in [0.05, 0.1) is 4.90 Å². The Morgan fingerprint density at radius 3 is 2.46 bits per heavy atom. The number of Topliss-reactive ketones (excluding diaryl/α,β-unsaturated/α-hetero) is 1. The van der Waals surface area contributed by atoms with Crippen molar-refractivity contribution in [3.05, 3.63) is 29.8 Å². The summed E-state index contributed by atoms with van der Waals surface area (Å²) in [6.07, 6.45) is 0.320. The van der Waals surface area contributed by atoms with E-state index in [1.54, 1.807) is 19.1 Å². The third kappa shape index (κ3) is 2.15. The van der Waals surface area contributed by atoms with Gasteiger partial charge in [-0.05, 0) is 6.07 Å². The van der Waals surface area contributed by atoms with E-state index >= 15 is 0 Å². The summed E-state index contributed by atoms with van der Waals surface area (Å²) in [5.74, 6) is -0.144. The van der Waals surface area contributed by atoms with Gasteiger partial charge in [0.2, 0.25) is 0 Å². The Balaban J connectivity index is 3.27. The highest BCUT2D eigenvalue weighted by Gasteiger charge is 2.09. The first-order chi connectivity index (χ1) is 6.16. The van der Waals surface area contributed by atoms with E-state index in [0.29, 0.717) is 12.0 Å². The zero-order chi connectivity index (χ0) is 9.84. The summed E-state index contributed by atoms with van der Waals surface area (Å²) in [7, 11) is -2.68. The van der Waals surface area contributed by atoms with Gasteiger partial charge in [-0.1, -0.05) is 25.1 Å². The maximum Gasteiger partial charge on any atom is 0.169 e. The monoisotopic (exact) mass is 198 g/mol. The fourth-order valence-corrected chi connectivity index (χ4v) is 1.66. The quantitative estimate of drug-likeness (QED) is 0.587. The molecule has 0 aliphatic carbocycles. The molecule has 0 fully saturated rings. The summed E-state index contributed by atoms with van der Waals surface area (Å²) in [6.45, 7) is 1.71. The molecule has 0 bridgehead atoms. The van der Waals surface area contributed by atoms with Crippen LogP contribution in [0.15, 0.2) is 29.2 Å². The van der Waals surface area contributed by atoms with Crippen molar-refractivity contribution in [2.24, 2.45) is 0 Å². The van der Waals surface area contributed by atoms with Gasteiger partial charge < -0.3 is 0 Å². The predicted octanol–water partition coefficient (Wildman–Crippen LogP) is 1.25. The molecule has 0 unspecified atom stereocenters. The minimum Gasteiger partial charge on any atom is -0.294 e. The van der Waals surface area contributed by atoms with Crippen LogP contribution in [-0.4, -0.2) is 14.2 Å². The van der Waals surface area contributed by atoms with E-state index in [-0.39, 0.29) is 10.7 Å². The molecule has 70 valence electrons. The molecule has 0 heterocycles. The van der Waals surface area contributed by atoms with Gasteiger partial charge in [-0.2, -0.15) is 0 Å². The standard InChI is InChI=1S/C9H10O3S/c1-2-8(10)7-5-3-4-6-9(7)13(11)12/h3-6,13H,2H2,1H3. The van der Waals surface area contributed by atoms with E-state index in [4.69, 9.17) is 0 Å². The molecular formula is C9H10O3S. The van der Waals surface area contributed by atoms with Crippen LogP contribution in [0.4, 0.5) is 0 Å². The smallest absolute Gasteiger partial charge is 0.169 e. The zero-order valence-electron chi connectivity index (χ0n) is 7.19. The van der Waals surface area contributed by atoms with E-state index < -0.39 is 10.7 Å². The Morgan fingerprint density at radius 1 is 1.31 bits per heavy atom. The van der Waals surface area contributed by atoms with Crippen LogP contribution in [0.25, 0.3) is 0 Å². The summed E-state index contributed by atoms with van der Waals surface area (Å²) < 4.78 is 21.5. The number of hydrogen-bond acceptors (Lipinski definition) is 3. The number of carbonyl (C=O) groups is 1. The first-order valence-electron chi connectivity index (χ1n) is 3.93. The van der Waals surface area contributed by atoms with Crippen molar-refractivity contribution in [2.45, 2.75) is 18.2 Å². The van der Waals surface area contributed by atoms with Crippen molar-refractivity contribution in [3.8, 4) is 0 Å². The fourth-order valence-electron chi connectivity index (χ4n) is 1.06. The maximum absolute atomic E-state index is 11.3. The average molecular weight is 198 g/mol. The van der Waals surface area contributed by atoms with Crippen molar-refractivity contribution in [2.75, 3.05) is 0 Å². The Morgan fingerprint density at radius 2 is 1.92 bits per heavy atom. The normalized spacial score (nSPS) is 10.3. The SMILES string of the molecule is CCC(=O)c1ccccc1[SH](=O)=O. The van der Waals surface area contributed by atoms with Gasteiger partial charge in [0, 0.05) is 12.0 Å². The molecule has 0 atom stereocenters. The molecule has 0 radical (unpaired) electrons. The Hall–Kier alpha value is -1.16. The minimum absolute atomic E-state index is 0.115. The lowest BCUT2D eigenvalue weighted by molar-refractivity contribution is 0.0985. The summed E-state index contributed by atoms with van der Waals surface area (Å²) in [5, 5.41) is 0. The summed E-state index contributed by atoms with van der Waals surface area (Å²) in [5.41, 5.74) is 0.293. The van der Waals surface area contributed by atoms with E-state index in [9.17, 15) is 13.2 Å². The zero-order valence-corrected chi connectivity index (χ0v) is 8.08. The molecule has 1 aromatic carbocycles. The maximum atomic E-state index is 11.3. The Kier molecular flexibility index (Phi) is 3.19. The van der Waals surface area contributed by atoms with Gasteiger partial charge >= 0.3 is 0 Å². The van der Waals surface area contributed by atoms with Crippen LogP contribution in [0.5, 0.6) is 0 Å². The van der Waals surface area contributed by atoms with Crippen molar-refractivity contribution < 1.29 is 13.2 Å². The molecule has 0 aromatic heterocycles. The number of ketones is 1. The molecule has 0 N–H and O–H groups in total. The second-order valence-corrected chi connectivity index (χ2v) is 3.55. The topological polar surface area (TPSA) is 51.2 Å². The van der Waals surface area contributed by atoms with Gasteiger partial charge in [0.25, 0.3) is 0 Å². The molecule has 0 aliphatic heterocycles. The minimum atomic E-state index is -2.68. The average Bonchev–Trinajstić information content (AvgIpc) is 2.16. The van der Waals surface area contributed by atoms with Crippen molar-refractivity contribution in [3.63, 3.8) is 0 Å². The van der Waals surface area contributed by atoms with Gasteiger partial charge in [0.15, 0.2) is 16.5 Å². The van der Waals surface area contributed by atoms with Crippen LogP contribution in [0.2, 0.25) is 0 Å². The first-order valence-corrected chi connectivity index (χ1v) is 5.11. The van der Waals surface area contributed by atoms with Crippen molar-refractivity contribution in [1.82, 2.24) is 0 Å². The van der Waals surface area contributed by atoms with Crippen LogP contribution in [0.3, 0.4) is 0 Å². The first kappa shape index (κ1) is 9.92. The Bertz CT molecular complexity index is 386. The van der Waals surface area contributed by atoms with Crippen molar-refractivity contribution >= 4 is 16.5 Å². The van der Waals surface area contributed by atoms with E-state index in [1.807, 2.05) is 0 Å². The molecule has 0 saturated heterocycles. The molecular weight excluding hydrogens is 188 g/mol. The van der Waals surface area contributed by atoms with Crippen LogP contribution < -0.4 is 0 Å². The van der Waals surface area contributed by atoms with Crippen LogP contribution >= 0.6 is 0 Å². The third-order valence-corrected chi connectivity index (χ3v) is 2.51. The van der Waals surface area contributed by atoms with Crippen LogP contribution in [-0.2, 0) is 10.7 Å². The number of carbonyl (C=O) groups excluding carboxylic acids is 1. The van der Waals surface area contributed by atoms with E-state index in [1.165, 1.54) is 12.1 Å². The second kappa shape index (κ2) is 4.18. The molecule has 13 heavy (non-hydrogen) atoms. The summed E-state index contributed by atoms with van der Waals surface area (Å²) >= 11 is 0. The highest BCUT2D eigenvalue weighted by molar-refractivity contribution is 7.72. The summed E-state index contributed by atoms with van der Waals surface area (Å²) in [4.78, 5) is 11.4. The fraction of sp³-hybridized carbons (Fsp3) is 0.222. The highest BCUT2D eigenvalue weighted by Crippen LogP contribution is 2.12. The predicted molar refractivity (Wildman–Crippen MR) is 49.6 cm³/mol. The molecule has 0 amide bonds. The lowest BCUT2D eigenvalue weighted by Gasteiger charge is -1.99. The lowest BCUT2D eigenvalue weighted by Crippen LogP contribution is -2.00. The second-order valence-electron chi connectivity index (χ2n) is 2.55. The largest absolute Gasteiger partial charge is 0.294 e. The van der Waals surface area contributed by atoms with E-state index in [2.05, 4.69) is 0 Å². The van der Waals surface area contributed by atoms with Gasteiger partial charge in [0.1, 0.15) is 0 Å². The van der Waals surface area contributed by atoms with Crippen LogP contribution in [0.1, 0.15) is 23.7 Å². The third-order valence-electron chi connectivity index (χ3n) is 1.72.